The van der Waals surface area contributed by atoms with Crippen LogP contribution in [0.1, 0.15) is 51.0 Å². The second-order valence-electron chi connectivity index (χ2n) is 9.39. The molecule has 2 aliphatic heterocycles. The lowest BCUT2D eigenvalue weighted by Gasteiger charge is -2.47. The summed E-state index contributed by atoms with van der Waals surface area (Å²) in [5, 5.41) is 2.99. The summed E-state index contributed by atoms with van der Waals surface area (Å²) < 4.78 is 20.9. The van der Waals surface area contributed by atoms with Crippen molar-refractivity contribution < 1.29 is 18.7 Å². The molecule has 0 spiro atoms. The average Bonchev–Trinajstić information content (AvgIpc) is 3.22. The molecule has 32 heavy (non-hydrogen) atoms. The minimum absolute atomic E-state index is 0.0489. The maximum absolute atomic E-state index is 13.4. The number of hydrogen-bond acceptors (Lipinski definition) is 5. The van der Waals surface area contributed by atoms with Gasteiger partial charge in [-0.1, -0.05) is 12.1 Å². The fourth-order valence-electron chi connectivity index (χ4n) is 4.40. The summed E-state index contributed by atoms with van der Waals surface area (Å²) in [6, 6.07) is 5.87. The van der Waals surface area contributed by atoms with Gasteiger partial charge in [-0.15, -0.1) is 0 Å². The summed E-state index contributed by atoms with van der Waals surface area (Å²) in [5.74, 6) is -0.361. The predicted molar refractivity (Wildman–Crippen MR) is 116 cm³/mol. The van der Waals surface area contributed by atoms with E-state index in [1.165, 1.54) is 12.1 Å². The number of nitrogens with zero attached hydrogens (tertiary/aromatic N) is 4. The standard InChI is InChI=1S/C23H30FN5O3/c1-15(16-5-7-17(24)8-6-16)29-14-25-11-18(29)19-12-26-21(30)20-13-27(9-10-28(19)20)22(31)32-23(2,3)4/h5-8,11,14-15,19-20H,9-10,12-13H2,1-4H3,(H,26,30). The van der Waals surface area contributed by atoms with Gasteiger partial charge in [0.15, 0.2) is 0 Å². The molecule has 8 nitrogen and oxygen atoms in total. The SMILES string of the molecule is CC(c1ccc(F)cc1)n1cncc1C1CNC(=O)C2CN(C(=O)OC(C)(C)C)CCN21. The van der Waals surface area contributed by atoms with Gasteiger partial charge in [-0.3, -0.25) is 9.69 Å². The van der Waals surface area contributed by atoms with Crippen LogP contribution in [-0.4, -0.2) is 69.2 Å². The Morgan fingerprint density at radius 1 is 1.22 bits per heavy atom. The van der Waals surface area contributed by atoms with Crippen LogP contribution in [0.2, 0.25) is 0 Å². The Labute approximate surface area is 187 Å². The summed E-state index contributed by atoms with van der Waals surface area (Å²) in [7, 11) is 0. The molecule has 1 N–H and O–H groups in total. The number of carbonyl (C=O) groups excluding carboxylic acids is 2. The normalized spacial score (nSPS) is 22.8. The van der Waals surface area contributed by atoms with Gasteiger partial charge in [-0.2, -0.15) is 0 Å². The highest BCUT2D eigenvalue weighted by Gasteiger charge is 2.43. The summed E-state index contributed by atoms with van der Waals surface area (Å²) in [5.41, 5.74) is 1.35. The molecule has 172 valence electrons. The highest BCUT2D eigenvalue weighted by Crippen LogP contribution is 2.31. The number of carbonyl (C=O) groups is 2. The number of imidazole rings is 1. The second kappa shape index (κ2) is 8.54. The van der Waals surface area contributed by atoms with Crippen LogP contribution in [0.15, 0.2) is 36.8 Å². The van der Waals surface area contributed by atoms with Crippen molar-refractivity contribution in [1.29, 1.82) is 0 Å². The van der Waals surface area contributed by atoms with Crippen molar-refractivity contribution in [3.63, 3.8) is 0 Å². The maximum Gasteiger partial charge on any atom is 0.410 e. The molecule has 0 bridgehead atoms. The van der Waals surface area contributed by atoms with Crippen LogP contribution in [0.4, 0.5) is 9.18 Å². The molecule has 0 aliphatic carbocycles. The van der Waals surface area contributed by atoms with Crippen molar-refractivity contribution in [1.82, 2.24) is 24.7 Å². The average molecular weight is 444 g/mol. The second-order valence-corrected chi connectivity index (χ2v) is 9.39. The van der Waals surface area contributed by atoms with Crippen LogP contribution in [0.3, 0.4) is 0 Å². The number of halogens is 1. The van der Waals surface area contributed by atoms with Gasteiger partial charge in [0.25, 0.3) is 0 Å². The molecule has 2 saturated heterocycles. The van der Waals surface area contributed by atoms with E-state index >= 15 is 0 Å². The molecule has 1 aromatic carbocycles. The largest absolute Gasteiger partial charge is 0.444 e. The van der Waals surface area contributed by atoms with Gasteiger partial charge < -0.3 is 19.5 Å². The van der Waals surface area contributed by atoms with Gasteiger partial charge in [0.2, 0.25) is 5.91 Å². The van der Waals surface area contributed by atoms with E-state index in [1.54, 1.807) is 23.4 Å². The molecule has 3 unspecified atom stereocenters. The van der Waals surface area contributed by atoms with Gasteiger partial charge in [0.1, 0.15) is 17.5 Å². The quantitative estimate of drug-likeness (QED) is 0.789. The summed E-state index contributed by atoms with van der Waals surface area (Å²) in [6.07, 6.45) is 3.19. The van der Waals surface area contributed by atoms with E-state index in [0.29, 0.717) is 19.6 Å². The van der Waals surface area contributed by atoms with Gasteiger partial charge in [0.05, 0.1) is 24.1 Å². The fraction of sp³-hybridized carbons (Fsp3) is 0.522. The van der Waals surface area contributed by atoms with E-state index in [-0.39, 0.29) is 30.4 Å². The number of nitrogens with one attached hydrogen (secondary N) is 1. The minimum atomic E-state index is -0.589. The number of piperazine rings is 2. The highest BCUT2D eigenvalue weighted by atomic mass is 19.1. The lowest BCUT2D eigenvalue weighted by Crippen LogP contribution is -2.65. The first kappa shape index (κ1) is 22.3. The molecule has 2 fully saturated rings. The lowest BCUT2D eigenvalue weighted by molar-refractivity contribution is -0.134. The van der Waals surface area contributed by atoms with E-state index in [9.17, 15) is 14.0 Å². The highest BCUT2D eigenvalue weighted by molar-refractivity contribution is 5.84. The number of ether oxygens (including phenoxy) is 1. The molecule has 2 amide bonds. The van der Waals surface area contributed by atoms with Crippen LogP contribution in [-0.2, 0) is 9.53 Å². The Bertz CT molecular complexity index is 984. The third-order valence-electron chi connectivity index (χ3n) is 6.05. The van der Waals surface area contributed by atoms with Gasteiger partial charge in [-0.25, -0.2) is 14.2 Å². The third-order valence-corrected chi connectivity index (χ3v) is 6.05. The molecule has 2 aliphatic rings. The van der Waals surface area contributed by atoms with Crippen molar-refractivity contribution in [3.05, 3.63) is 53.9 Å². The maximum atomic E-state index is 13.4. The lowest BCUT2D eigenvalue weighted by atomic mass is 10.0. The first-order valence-electron chi connectivity index (χ1n) is 10.9. The predicted octanol–water partition coefficient (Wildman–Crippen LogP) is 2.72. The zero-order valence-corrected chi connectivity index (χ0v) is 18.9. The van der Waals surface area contributed by atoms with Crippen molar-refractivity contribution in [3.8, 4) is 0 Å². The van der Waals surface area contributed by atoms with E-state index < -0.39 is 17.7 Å². The molecule has 2 aromatic rings. The number of fused-ring (bicyclic) bond motifs is 1. The molecule has 3 heterocycles. The molecule has 1 aromatic heterocycles. The van der Waals surface area contributed by atoms with E-state index in [1.807, 2.05) is 33.9 Å². The van der Waals surface area contributed by atoms with Crippen LogP contribution in [0.25, 0.3) is 0 Å². The molecule has 0 radical (unpaired) electrons. The van der Waals surface area contributed by atoms with Crippen molar-refractivity contribution in [2.24, 2.45) is 0 Å². The molecular weight excluding hydrogens is 413 g/mol. The fourth-order valence-corrected chi connectivity index (χ4v) is 4.40. The Kier molecular flexibility index (Phi) is 5.94. The van der Waals surface area contributed by atoms with E-state index in [2.05, 4.69) is 19.8 Å². The van der Waals surface area contributed by atoms with Crippen LogP contribution in [0.5, 0.6) is 0 Å². The minimum Gasteiger partial charge on any atom is -0.444 e. The van der Waals surface area contributed by atoms with Crippen LogP contribution >= 0.6 is 0 Å². The Balaban J connectivity index is 1.54. The van der Waals surface area contributed by atoms with Crippen LogP contribution in [0, 0.1) is 5.82 Å². The van der Waals surface area contributed by atoms with Crippen molar-refractivity contribution in [2.45, 2.75) is 51.4 Å². The zero-order valence-electron chi connectivity index (χ0n) is 18.9. The number of amides is 2. The summed E-state index contributed by atoms with van der Waals surface area (Å²) in [4.78, 5) is 33.3. The zero-order chi connectivity index (χ0) is 23.0. The Hall–Kier alpha value is -2.94. The van der Waals surface area contributed by atoms with Gasteiger partial charge in [-0.05, 0) is 45.4 Å². The van der Waals surface area contributed by atoms with E-state index in [4.69, 9.17) is 4.74 Å². The molecular formula is C23H30FN5O3. The Morgan fingerprint density at radius 2 is 1.94 bits per heavy atom. The van der Waals surface area contributed by atoms with E-state index in [0.717, 1.165) is 11.3 Å². The molecule has 9 heteroatoms. The van der Waals surface area contributed by atoms with Crippen molar-refractivity contribution >= 4 is 12.0 Å². The first-order chi connectivity index (χ1) is 15.1. The number of rotatable bonds is 3. The molecule has 3 atom stereocenters. The van der Waals surface area contributed by atoms with Crippen molar-refractivity contribution in [2.75, 3.05) is 26.2 Å². The number of benzene rings is 1. The van der Waals surface area contributed by atoms with Gasteiger partial charge >= 0.3 is 6.09 Å². The summed E-state index contributed by atoms with van der Waals surface area (Å²) >= 11 is 0. The molecule has 0 saturated carbocycles. The first-order valence-corrected chi connectivity index (χ1v) is 10.9. The number of hydrogen-bond donors (Lipinski definition) is 1. The van der Waals surface area contributed by atoms with Gasteiger partial charge in [0, 0.05) is 32.4 Å². The monoisotopic (exact) mass is 443 g/mol. The summed E-state index contributed by atoms with van der Waals surface area (Å²) in [6.45, 7) is 9.30. The van der Waals surface area contributed by atoms with Crippen LogP contribution < -0.4 is 5.32 Å². The number of aromatic nitrogens is 2. The third kappa shape index (κ3) is 4.48. The topological polar surface area (TPSA) is 79.7 Å². The smallest absolute Gasteiger partial charge is 0.410 e. The Morgan fingerprint density at radius 3 is 2.62 bits per heavy atom. The molecule has 4 rings (SSSR count).